The molecule has 0 spiro atoms. The molecular weight excluding hydrogens is 641 g/mol. The Bertz CT molecular complexity index is 678. The van der Waals surface area contributed by atoms with Crippen LogP contribution in [0.15, 0.2) is 10.2 Å². The van der Waals surface area contributed by atoms with Gasteiger partial charge in [-0.1, -0.05) is 0 Å². The number of hydroxylamine groups is 2. The minimum absolute atomic E-state index is 0.0238. The van der Waals surface area contributed by atoms with Crippen LogP contribution in [-0.4, -0.2) is 91.1 Å². The maximum atomic E-state index is 12.8. The summed E-state index contributed by atoms with van der Waals surface area (Å²) in [4.78, 5) is 18.0. The fourth-order valence-corrected chi connectivity index (χ4v) is 20.6. The zero-order valence-electron chi connectivity index (χ0n) is 28.8. The van der Waals surface area contributed by atoms with Crippen LogP contribution < -0.4 is 0 Å². The molecule has 9 heteroatoms. The zero-order valence-corrected chi connectivity index (χ0v) is 32.7. The first kappa shape index (κ1) is 41.0. The van der Waals surface area contributed by atoms with E-state index in [1.54, 1.807) is 14.2 Å². The molecule has 41 heavy (non-hydrogen) atoms. The molecule has 1 amide bonds. The summed E-state index contributed by atoms with van der Waals surface area (Å²) in [6, 6.07) is 0. The predicted molar refractivity (Wildman–Crippen MR) is 177 cm³/mol. The molecule has 0 saturated carbocycles. The summed E-state index contributed by atoms with van der Waals surface area (Å²) in [6.07, 6.45) is 11.7. The molecule has 0 saturated heterocycles. The average molecular weight is 709 g/mol. The second-order valence-corrected chi connectivity index (χ2v) is 30.9. The summed E-state index contributed by atoms with van der Waals surface area (Å²) in [5.41, 5.74) is 0. The third-order valence-electron chi connectivity index (χ3n) is 8.59. The van der Waals surface area contributed by atoms with Crippen molar-refractivity contribution in [2.45, 2.75) is 143 Å². The van der Waals surface area contributed by atoms with Crippen molar-refractivity contribution >= 4 is 32.6 Å². The molecule has 0 radical (unpaired) electrons. The fraction of sp³-hybridized carbons (Fsp3) is 0.906. The molecule has 0 N–H and O–H groups in total. The molecular formula is C32H67NO6SiSn. The first-order chi connectivity index (χ1) is 19.3. The van der Waals surface area contributed by atoms with Crippen molar-refractivity contribution in [3.8, 4) is 0 Å². The van der Waals surface area contributed by atoms with E-state index in [9.17, 15) is 4.79 Å². The fourth-order valence-electron chi connectivity index (χ4n) is 4.74. The average Bonchev–Trinajstić information content (AvgIpc) is 2.91. The van der Waals surface area contributed by atoms with E-state index in [0.29, 0.717) is 19.6 Å². The van der Waals surface area contributed by atoms with Crippen molar-refractivity contribution < 1.29 is 28.3 Å². The normalized spacial score (nSPS) is 14.5. The van der Waals surface area contributed by atoms with E-state index in [2.05, 4.69) is 64.8 Å². The summed E-state index contributed by atoms with van der Waals surface area (Å²) < 4.78 is 30.9. The molecule has 0 fully saturated rings. The van der Waals surface area contributed by atoms with Crippen LogP contribution in [0, 0.1) is 0 Å². The Hall–Kier alpha value is 0.0256. The van der Waals surface area contributed by atoms with Gasteiger partial charge in [-0.25, -0.2) is 0 Å². The van der Waals surface area contributed by atoms with Gasteiger partial charge in [0.05, 0.1) is 0 Å². The van der Waals surface area contributed by atoms with Gasteiger partial charge < -0.3 is 0 Å². The van der Waals surface area contributed by atoms with Gasteiger partial charge in [0.1, 0.15) is 0 Å². The van der Waals surface area contributed by atoms with Gasteiger partial charge in [-0.2, -0.15) is 0 Å². The Morgan fingerprint density at radius 3 is 1.95 bits per heavy atom. The monoisotopic (exact) mass is 709 g/mol. The van der Waals surface area contributed by atoms with Crippen LogP contribution >= 0.6 is 0 Å². The van der Waals surface area contributed by atoms with Crippen LogP contribution in [0.25, 0.3) is 0 Å². The standard InChI is InChI=1S/C20H40NO6Si.3C4H9.Sn/c1-10-11-17(27-28(8,9)20(2,3)4)14-18(15-19(22)21(5)24-7)26-16-25-13-12-23-6;3*1-3-4-2;/h1,10,17-18H,11-16H2,2-9H3;3*1,3-4H2,2H3;/t17-,18-;;;;/m0..../s1. The van der Waals surface area contributed by atoms with Gasteiger partial charge in [0.15, 0.2) is 0 Å². The minimum atomic E-state index is -2.41. The molecule has 0 aliphatic rings. The molecule has 0 bridgehead atoms. The first-order valence-corrected chi connectivity index (χ1v) is 26.8. The summed E-state index contributed by atoms with van der Waals surface area (Å²) in [6.45, 7) is 19.5. The van der Waals surface area contributed by atoms with Gasteiger partial charge in [-0.15, -0.1) is 0 Å². The SMILES string of the molecule is CCC[CH2][Sn](/[CH]=C/C[C@@H](C[C@@H](CC(=O)N(C)OC)OCOCCOC)O[Si](C)(C)C(C)(C)C)([CH2]CCC)[CH2]CCC. The topological polar surface area (TPSA) is 66.5 Å². The van der Waals surface area contributed by atoms with Gasteiger partial charge in [0.2, 0.25) is 0 Å². The van der Waals surface area contributed by atoms with Gasteiger partial charge in [0, 0.05) is 7.11 Å². The Balaban J connectivity index is 6.06. The molecule has 0 heterocycles. The van der Waals surface area contributed by atoms with Crippen LogP contribution in [0.4, 0.5) is 0 Å². The van der Waals surface area contributed by atoms with Crippen molar-refractivity contribution in [1.82, 2.24) is 5.06 Å². The van der Waals surface area contributed by atoms with Crippen molar-refractivity contribution in [3.05, 3.63) is 10.2 Å². The number of carbonyl (C=O) groups is 1. The number of ether oxygens (including phenoxy) is 3. The van der Waals surface area contributed by atoms with E-state index in [1.807, 2.05) is 0 Å². The number of carbonyl (C=O) groups excluding carboxylic acids is 1. The molecule has 0 rings (SSSR count). The number of unbranched alkanes of at least 4 members (excludes halogenated alkanes) is 3. The first-order valence-electron chi connectivity index (χ1n) is 16.2. The molecule has 0 aliphatic carbocycles. The van der Waals surface area contributed by atoms with Crippen molar-refractivity contribution in [1.29, 1.82) is 0 Å². The molecule has 2 atom stereocenters. The van der Waals surface area contributed by atoms with Gasteiger partial charge in [-0.05, 0) is 0 Å². The van der Waals surface area contributed by atoms with Crippen LogP contribution in [0.3, 0.4) is 0 Å². The van der Waals surface area contributed by atoms with Gasteiger partial charge >= 0.3 is 253 Å². The van der Waals surface area contributed by atoms with Crippen LogP contribution in [0.2, 0.25) is 31.4 Å². The van der Waals surface area contributed by atoms with Crippen molar-refractivity contribution in [3.63, 3.8) is 0 Å². The molecule has 244 valence electrons. The number of hydrogen-bond acceptors (Lipinski definition) is 6. The Morgan fingerprint density at radius 2 is 1.49 bits per heavy atom. The molecule has 0 aromatic carbocycles. The van der Waals surface area contributed by atoms with E-state index in [4.69, 9.17) is 23.5 Å². The van der Waals surface area contributed by atoms with E-state index in [1.165, 1.54) is 64.0 Å². The predicted octanol–water partition coefficient (Wildman–Crippen LogP) is 8.52. The summed E-state index contributed by atoms with van der Waals surface area (Å²) in [7, 11) is 2.73. The second kappa shape index (κ2) is 22.5. The molecule has 0 aromatic rings. The van der Waals surface area contributed by atoms with Gasteiger partial charge in [-0.3, -0.25) is 0 Å². The summed E-state index contributed by atoms with van der Waals surface area (Å²) in [5, 5.41) is 1.36. The number of rotatable bonds is 25. The molecule has 7 nitrogen and oxygen atoms in total. The Labute approximate surface area is 259 Å². The van der Waals surface area contributed by atoms with Crippen LogP contribution in [-0.2, 0) is 28.3 Å². The van der Waals surface area contributed by atoms with Crippen molar-refractivity contribution in [2.75, 3.05) is 41.3 Å². The Morgan fingerprint density at radius 1 is 0.927 bits per heavy atom. The third kappa shape index (κ3) is 17.8. The van der Waals surface area contributed by atoms with E-state index >= 15 is 0 Å². The van der Waals surface area contributed by atoms with E-state index < -0.39 is 26.7 Å². The van der Waals surface area contributed by atoms with Crippen LogP contribution in [0.5, 0.6) is 0 Å². The van der Waals surface area contributed by atoms with E-state index in [0.717, 1.165) is 6.42 Å². The van der Waals surface area contributed by atoms with Crippen LogP contribution in [0.1, 0.15) is 99.3 Å². The summed E-state index contributed by atoms with van der Waals surface area (Å²) in [5.74, 6) is -0.120. The van der Waals surface area contributed by atoms with Crippen molar-refractivity contribution in [2.24, 2.45) is 0 Å². The number of hydrogen-bond donors (Lipinski definition) is 0. The molecule has 0 aliphatic heterocycles. The number of nitrogens with zero attached hydrogens (tertiary/aromatic N) is 1. The van der Waals surface area contributed by atoms with E-state index in [-0.39, 0.29) is 36.4 Å². The second-order valence-electron chi connectivity index (χ2n) is 13.1. The Kier molecular flexibility index (Phi) is 22.5. The van der Waals surface area contributed by atoms with Gasteiger partial charge in [0.25, 0.3) is 0 Å². The third-order valence-corrected chi connectivity index (χ3v) is 27.4. The summed E-state index contributed by atoms with van der Waals surface area (Å²) >= 11 is -2.41. The maximum absolute atomic E-state index is 12.8. The zero-order chi connectivity index (χ0) is 31.4. The number of methoxy groups -OCH3 is 1. The molecule has 0 aromatic heterocycles. The quantitative estimate of drug-likeness (QED) is 0.0410. The molecule has 0 unspecified atom stereocenters. The number of amides is 1.